The molecule has 0 aliphatic carbocycles. The van der Waals surface area contributed by atoms with E-state index < -0.39 is 17.5 Å². The Morgan fingerprint density at radius 3 is 2.77 bits per heavy atom. The maximum atomic E-state index is 13.9. The third kappa shape index (κ3) is 6.42. The van der Waals surface area contributed by atoms with Crippen molar-refractivity contribution in [3.05, 3.63) is 83.3 Å². The summed E-state index contributed by atoms with van der Waals surface area (Å²) < 4.78 is 38.1. The number of hydrogen-bond donors (Lipinski definition) is 1. The molecule has 2 aromatic carbocycles. The molecule has 0 radical (unpaired) electrons. The van der Waals surface area contributed by atoms with Crippen LogP contribution in [-0.4, -0.2) is 36.2 Å². The molecule has 0 spiro atoms. The van der Waals surface area contributed by atoms with E-state index in [0.717, 1.165) is 6.07 Å². The molecular weight excluding hydrogens is 404 g/mol. The summed E-state index contributed by atoms with van der Waals surface area (Å²) in [6, 6.07) is 8.85. The molecule has 1 amide bonds. The van der Waals surface area contributed by atoms with E-state index in [4.69, 9.17) is 9.47 Å². The molecule has 160 valence electrons. The lowest BCUT2D eigenvalue weighted by Gasteiger charge is -2.10. The number of carbonyl (C=O) groups excluding carboxylic acids is 1. The van der Waals surface area contributed by atoms with Gasteiger partial charge < -0.3 is 14.8 Å². The molecule has 0 atom stereocenters. The molecule has 0 bridgehead atoms. The molecule has 1 aromatic heterocycles. The molecule has 0 aliphatic rings. The first kappa shape index (κ1) is 22.0. The lowest BCUT2D eigenvalue weighted by Crippen LogP contribution is -2.13. The maximum Gasteiger partial charge on any atom is 0.257 e. The predicted molar refractivity (Wildman–Crippen MR) is 114 cm³/mol. The fourth-order valence-corrected chi connectivity index (χ4v) is 2.71. The fraction of sp³-hybridized carbons (Fsp3) is 0.174. The Balaban J connectivity index is 1.86. The molecule has 0 aliphatic heterocycles. The van der Waals surface area contributed by atoms with Crippen molar-refractivity contribution in [2.24, 2.45) is 0 Å². The topological polar surface area (TPSA) is 73.3 Å². The molecular formula is C23H21F2N3O3. The van der Waals surface area contributed by atoms with E-state index in [2.05, 4.69) is 15.3 Å². The van der Waals surface area contributed by atoms with Crippen LogP contribution in [0.5, 0.6) is 5.75 Å². The standard InChI is InChI=1S/C23H21F2N3O3/c1-30-10-3-11-31-19-13-16(6-7-17-4-2-5-20(24)22(17)25)12-18(14-19)23(29)28-21-15-26-8-9-27-21/h2,4-9,12-15H,3,10-11H2,1H3,(H,27,28,29)/b7-6+. The number of nitrogens with one attached hydrogen (secondary N) is 1. The number of nitrogens with zero attached hydrogens (tertiary/aromatic N) is 2. The zero-order valence-electron chi connectivity index (χ0n) is 16.8. The molecule has 0 saturated carbocycles. The first-order valence-corrected chi connectivity index (χ1v) is 9.53. The van der Waals surface area contributed by atoms with Crippen LogP contribution in [0, 0.1) is 11.6 Å². The van der Waals surface area contributed by atoms with Crippen molar-refractivity contribution < 1.29 is 23.0 Å². The number of carbonyl (C=O) groups is 1. The summed E-state index contributed by atoms with van der Waals surface area (Å²) in [7, 11) is 1.60. The smallest absolute Gasteiger partial charge is 0.257 e. The van der Waals surface area contributed by atoms with E-state index in [0.29, 0.717) is 42.3 Å². The van der Waals surface area contributed by atoms with Crippen LogP contribution in [0.1, 0.15) is 27.9 Å². The average Bonchev–Trinajstić information content (AvgIpc) is 2.78. The van der Waals surface area contributed by atoms with Gasteiger partial charge in [0.25, 0.3) is 5.91 Å². The molecule has 1 N–H and O–H groups in total. The predicted octanol–water partition coefficient (Wildman–Crippen LogP) is 4.59. The van der Waals surface area contributed by atoms with E-state index in [1.807, 2.05) is 0 Å². The van der Waals surface area contributed by atoms with Gasteiger partial charge in [0.05, 0.1) is 12.8 Å². The Kier molecular flexibility index (Phi) is 7.78. The van der Waals surface area contributed by atoms with E-state index in [-0.39, 0.29) is 5.56 Å². The Morgan fingerprint density at radius 1 is 1.13 bits per heavy atom. The minimum absolute atomic E-state index is 0.0944. The van der Waals surface area contributed by atoms with Crippen molar-refractivity contribution in [2.75, 3.05) is 25.6 Å². The Labute approximate surface area is 178 Å². The van der Waals surface area contributed by atoms with Crippen LogP contribution in [0.3, 0.4) is 0 Å². The van der Waals surface area contributed by atoms with Gasteiger partial charge in [-0.2, -0.15) is 0 Å². The van der Waals surface area contributed by atoms with E-state index in [9.17, 15) is 13.6 Å². The summed E-state index contributed by atoms with van der Waals surface area (Å²) in [6.07, 6.45) is 8.08. The second-order valence-corrected chi connectivity index (χ2v) is 6.51. The quantitative estimate of drug-likeness (QED) is 0.401. The number of rotatable bonds is 9. The number of halogens is 2. The summed E-state index contributed by atoms with van der Waals surface area (Å²) in [5, 5.41) is 2.66. The molecule has 0 fully saturated rings. The number of benzene rings is 2. The van der Waals surface area contributed by atoms with Gasteiger partial charge in [0, 0.05) is 43.7 Å². The van der Waals surface area contributed by atoms with Crippen LogP contribution >= 0.6 is 0 Å². The highest BCUT2D eigenvalue weighted by Gasteiger charge is 2.11. The zero-order chi connectivity index (χ0) is 22.1. The minimum Gasteiger partial charge on any atom is -0.493 e. The van der Waals surface area contributed by atoms with Crippen molar-refractivity contribution in [1.82, 2.24) is 9.97 Å². The van der Waals surface area contributed by atoms with Gasteiger partial charge in [0.15, 0.2) is 17.5 Å². The largest absolute Gasteiger partial charge is 0.493 e. The van der Waals surface area contributed by atoms with Gasteiger partial charge in [-0.1, -0.05) is 24.3 Å². The van der Waals surface area contributed by atoms with Crippen molar-refractivity contribution in [2.45, 2.75) is 6.42 Å². The van der Waals surface area contributed by atoms with Crippen molar-refractivity contribution in [3.8, 4) is 5.75 Å². The Bertz CT molecular complexity index is 1060. The average molecular weight is 425 g/mol. The second kappa shape index (κ2) is 10.9. The Hall–Kier alpha value is -3.65. The normalized spacial score (nSPS) is 10.9. The minimum atomic E-state index is -0.939. The summed E-state index contributed by atoms with van der Waals surface area (Å²) >= 11 is 0. The van der Waals surface area contributed by atoms with Gasteiger partial charge >= 0.3 is 0 Å². The van der Waals surface area contributed by atoms with Gasteiger partial charge in [-0.15, -0.1) is 0 Å². The lowest BCUT2D eigenvalue weighted by molar-refractivity contribution is 0.102. The van der Waals surface area contributed by atoms with Crippen molar-refractivity contribution >= 4 is 23.9 Å². The second-order valence-electron chi connectivity index (χ2n) is 6.51. The van der Waals surface area contributed by atoms with Crippen LogP contribution in [-0.2, 0) is 4.74 Å². The fourth-order valence-electron chi connectivity index (χ4n) is 2.71. The maximum absolute atomic E-state index is 13.9. The third-order valence-electron chi connectivity index (χ3n) is 4.19. The van der Waals surface area contributed by atoms with Crippen LogP contribution in [0.4, 0.5) is 14.6 Å². The van der Waals surface area contributed by atoms with Crippen LogP contribution in [0.2, 0.25) is 0 Å². The van der Waals surface area contributed by atoms with Crippen LogP contribution < -0.4 is 10.1 Å². The molecule has 31 heavy (non-hydrogen) atoms. The molecule has 0 unspecified atom stereocenters. The van der Waals surface area contributed by atoms with Gasteiger partial charge in [-0.25, -0.2) is 13.8 Å². The Morgan fingerprint density at radius 2 is 2.00 bits per heavy atom. The first-order valence-electron chi connectivity index (χ1n) is 9.53. The number of ether oxygens (including phenoxy) is 2. The van der Waals surface area contributed by atoms with E-state index in [1.165, 1.54) is 36.8 Å². The van der Waals surface area contributed by atoms with Gasteiger partial charge in [0.1, 0.15) is 5.75 Å². The molecule has 8 heteroatoms. The number of amides is 1. The van der Waals surface area contributed by atoms with Crippen molar-refractivity contribution in [3.63, 3.8) is 0 Å². The van der Waals surface area contributed by atoms with Crippen LogP contribution in [0.25, 0.3) is 12.2 Å². The highest BCUT2D eigenvalue weighted by Crippen LogP contribution is 2.22. The van der Waals surface area contributed by atoms with E-state index >= 15 is 0 Å². The summed E-state index contributed by atoms with van der Waals surface area (Å²) in [6.45, 7) is 0.934. The van der Waals surface area contributed by atoms with Gasteiger partial charge in [-0.3, -0.25) is 9.78 Å². The SMILES string of the molecule is COCCCOc1cc(/C=C/c2cccc(F)c2F)cc(C(=O)Nc2cnccn2)c1. The van der Waals surface area contributed by atoms with Gasteiger partial charge in [-0.05, 0) is 29.8 Å². The molecule has 6 nitrogen and oxygen atoms in total. The highest BCUT2D eigenvalue weighted by molar-refractivity contribution is 6.04. The lowest BCUT2D eigenvalue weighted by atomic mass is 10.1. The number of hydrogen-bond acceptors (Lipinski definition) is 5. The van der Waals surface area contributed by atoms with Gasteiger partial charge in [0.2, 0.25) is 0 Å². The number of methoxy groups -OCH3 is 1. The summed E-state index contributed by atoms with van der Waals surface area (Å²) in [5.41, 5.74) is 0.989. The zero-order valence-corrected chi connectivity index (χ0v) is 16.8. The van der Waals surface area contributed by atoms with Crippen molar-refractivity contribution in [1.29, 1.82) is 0 Å². The first-order chi connectivity index (χ1) is 15.1. The number of anilines is 1. The molecule has 3 rings (SSSR count). The third-order valence-corrected chi connectivity index (χ3v) is 4.19. The van der Waals surface area contributed by atoms with Crippen LogP contribution in [0.15, 0.2) is 55.0 Å². The molecule has 0 saturated heterocycles. The van der Waals surface area contributed by atoms with E-state index in [1.54, 1.807) is 31.4 Å². The molecule has 3 aromatic rings. The summed E-state index contributed by atoms with van der Waals surface area (Å²) in [4.78, 5) is 20.6. The number of aromatic nitrogens is 2. The monoisotopic (exact) mass is 425 g/mol. The highest BCUT2D eigenvalue weighted by atomic mass is 19.2. The molecule has 1 heterocycles. The summed E-state index contributed by atoms with van der Waals surface area (Å²) in [5.74, 6) is -1.51.